The van der Waals surface area contributed by atoms with E-state index in [9.17, 15) is 14.9 Å². The molecule has 0 spiro atoms. The van der Waals surface area contributed by atoms with Crippen LogP contribution in [-0.2, 0) is 5.75 Å². The van der Waals surface area contributed by atoms with Gasteiger partial charge in [-0.05, 0) is 26.0 Å². The van der Waals surface area contributed by atoms with Crippen molar-refractivity contribution < 1.29 is 14.2 Å². The van der Waals surface area contributed by atoms with Gasteiger partial charge in [0.2, 0.25) is 5.89 Å². The van der Waals surface area contributed by atoms with Gasteiger partial charge in [0.1, 0.15) is 0 Å². The standard InChI is InChI=1S/C21H17N5O4S2/c1-12-7-8-14(9-17(12)26(28)29)16-10-32-21(23-16)24-20(27)15-5-3-4-6-18(15)31-11-19-22-13(2)25-30-19/h3-10H,11H2,1-2H3,(H,23,24,27). The molecule has 1 amide bonds. The zero-order valence-corrected chi connectivity index (χ0v) is 18.7. The molecule has 0 aliphatic carbocycles. The summed E-state index contributed by atoms with van der Waals surface area (Å²) < 4.78 is 5.12. The number of carbonyl (C=O) groups is 1. The number of benzene rings is 2. The van der Waals surface area contributed by atoms with Crippen LogP contribution in [0.3, 0.4) is 0 Å². The predicted octanol–water partition coefficient (Wildman–Crippen LogP) is 5.26. The van der Waals surface area contributed by atoms with E-state index < -0.39 is 4.92 Å². The van der Waals surface area contributed by atoms with Gasteiger partial charge in [0.05, 0.1) is 21.9 Å². The summed E-state index contributed by atoms with van der Waals surface area (Å²) in [5, 5.41) is 19.9. The number of nitro groups is 1. The van der Waals surface area contributed by atoms with E-state index in [4.69, 9.17) is 4.52 Å². The summed E-state index contributed by atoms with van der Waals surface area (Å²) in [5.74, 6) is 1.19. The lowest BCUT2D eigenvalue weighted by Crippen LogP contribution is -2.12. The van der Waals surface area contributed by atoms with Gasteiger partial charge in [-0.3, -0.25) is 20.2 Å². The molecule has 0 bridgehead atoms. The van der Waals surface area contributed by atoms with Crippen LogP contribution >= 0.6 is 23.1 Å². The number of hydrogen-bond donors (Lipinski definition) is 1. The molecule has 2 aromatic carbocycles. The number of nitro benzene ring substituents is 1. The molecule has 0 fully saturated rings. The summed E-state index contributed by atoms with van der Waals surface area (Å²) >= 11 is 2.67. The molecule has 32 heavy (non-hydrogen) atoms. The van der Waals surface area contributed by atoms with Gasteiger partial charge in [0.15, 0.2) is 11.0 Å². The summed E-state index contributed by atoms with van der Waals surface area (Å²) in [6, 6.07) is 12.2. The highest BCUT2D eigenvalue weighted by Gasteiger charge is 2.17. The van der Waals surface area contributed by atoms with Crippen molar-refractivity contribution in [3.8, 4) is 11.3 Å². The number of amides is 1. The first-order valence-corrected chi connectivity index (χ1v) is 11.3. The molecule has 2 aromatic heterocycles. The summed E-state index contributed by atoms with van der Waals surface area (Å²) in [7, 11) is 0. The van der Waals surface area contributed by atoms with E-state index in [-0.39, 0.29) is 11.6 Å². The molecular weight excluding hydrogens is 450 g/mol. The van der Waals surface area contributed by atoms with Crippen LogP contribution in [0, 0.1) is 24.0 Å². The van der Waals surface area contributed by atoms with Crippen molar-refractivity contribution in [1.29, 1.82) is 0 Å². The average Bonchev–Trinajstić information content (AvgIpc) is 3.41. The van der Waals surface area contributed by atoms with Gasteiger partial charge in [-0.1, -0.05) is 29.4 Å². The second kappa shape index (κ2) is 9.28. The first-order valence-electron chi connectivity index (χ1n) is 9.44. The molecule has 9 nitrogen and oxygen atoms in total. The number of carbonyl (C=O) groups excluding carboxylic acids is 1. The summed E-state index contributed by atoms with van der Waals surface area (Å²) in [4.78, 5) is 33.0. The Kier molecular flexibility index (Phi) is 6.28. The van der Waals surface area contributed by atoms with Crippen molar-refractivity contribution in [3.05, 3.63) is 80.8 Å². The van der Waals surface area contributed by atoms with Crippen molar-refractivity contribution in [2.45, 2.75) is 24.5 Å². The third kappa shape index (κ3) is 4.84. The number of aryl methyl sites for hydroxylation is 2. The molecule has 1 N–H and O–H groups in total. The van der Waals surface area contributed by atoms with Gasteiger partial charge in [0, 0.05) is 27.5 Å². The van der Waals surface area contributed by atoms with E-state index in [1.165, 1.54) is 29.2 Å². The van der Waals surface area contributed by atoms with Crippen LogP contribution in [-0.4, -0.2) is 26.0 Å². The number of aromatic nitrogens is 3. The van der Waals surface area contributed by atoms with Crippen LogP contribution in [0.5, 0.6) is 0 Å². The number of nitrogens with zero attached hydrogens (tertiary/aromatic N) is 4. The molecule has 4 aromatic rings. The summed E-state index contributed by atoms with van der Waals surface area (Å²) in [6.07, 6.45) is 0. The third-order valence-corrected chi connectivity index (χ3v) is 6.29. The summed E-state index contributed by atoms with van der Waals surface area (Å²) in [6.45, 7) is 3.43. The number of hydrogen-bond acceptors (Lipinski definition) is 9. The lowest BCUT2D eigenvalue weighted by atomic mass is 10.1. The van der Waals surface area contributed by atoms with Gasteiger partial charge in [-0.15, -0.1) is 23.1 Å². The Bertz CT molecular complexity index is 1300. The van der Waals surface area contributed by atoms with Gasteiger partial charge in [0.25, 0.3) is 11.6 Å². The Balaban J connectivity index is 1.49. The van der Waals surface area contributed by atoms with Crippen LogP contribution in [0.4, 0.5) is 10.8 Å². The predicted molar refractivity (Wildman–Crippen MR) is 122 cm³/mol. The van der Waals surface area contributed by atoms with E-state index in [2.05, 4.69) is 20.4 Å². The fourth-order valence-corrected chi connectivity index (χ4v) is 4.51. The minimum absolute atomic E-state index is 0.0310. The number of thiazole rings is 1. The second-order valence-electron chi connectivity index (χ2n) is 6.77. The van der Waals surface area contributed by atoms with Gasteiger partial charge in [-0.2, -0.15) is 4.98 Å². The van der Waals surface area contributed by atoms with Gasteiger partial charge in [-0.25, -0.2) is 4.98 Å². The van der Waals surface area contributed by atoms with Crippen molar-refractivity contribution in [2.24, 2.45) is 0 Å². The van der Waals surface area contributed by atoms with Crippen molar-refractivity contribution >= 4 is 39.8 Å². The lowest BCUT2D eigenvalue weighted by molar-refractivity contribution is -0.385. The molecule has 0 unspecified atom stereocenters. The van der Waals surface area contributed by atoms with E-state index in [1.54, 1.807) is 43.5 Å². The zero-order chi connectivity index (χ0) is 22.7. The molecule has 0 saturated carbocycles. The van der Waals surface area contributed by atoms with Crippen LogP contribution in [0.25, 0.3) is 11.3 Å². The topological polar surface area (TPSA) is 124 Å². The summed E-state index contributed by atoms with van der Waals surface area (Å²) in [5.41, 5.74) is 2.28. The van der Waals surface area contributed by atoms with Gasteiger partial charge >= 0.3 is 0 Å². The molecule has 0 aliphatic heterocycles. The maximum atomic E-state index is 12.9. The van der Waals surface area contributed by atoms with Crippen molar-refractivity contribution in [1.82, 2.24) is 15.1 Å². The molecule has 2 heterocycles. The molecule has 4 rings (SSSR count). The number of anilines is 1. The molecule has 0 atom stereocenters. The lowest BCUT2D eigenvalue weighted by Gasteiger charge is -2.07. The average molecular weight is 468 g/mol. The maximum absolute atomic E-state index is 12.9. The molecule has 11 heteroatoms. The molecular formula is C21H17N5O4S2. The highest BCUT2D eigenvalue weighted by Crippen LogP contribution is 2.31. The normalized spacial score (nSPS) is 10.8. The van der Waals surface area contributed by atoms with E-state index in [0.717, 1.165) is 4.90 Å². The number of nitrogens with one attached hydrogen (secondary N) is 1. The fourth-order valence-electron chi connectivity index (χ4n) is 2.91. The molecule has 162 valence electrons. The third-order valence-electron chi connectivity index (χ3n) is 4.48. The Morgan fingerprint density at radius 3 is 2.78 bits per heavy atom. The minimum Gasteiger partial charge on any atom is -0.338 e. The van der Waals surface area contributed by atoms with Crippen LogP contribution < -0.4 is 5.32 Å². The SMILES string of the molecule is Cc1noc(CSc2ccccc2C(=O)Nc2nc(-c3ccc(C)c([N+](=O)[O-])c3)cs2)n1. The first-order chi connectivity index (χ1) is 15.4. The Morgan fingerprint density at radius 1 is 1.22 bits per heavy atom. The van der Waals surface area contributed by atoms with E-state index >= 15 is 0 Å². The van der Waals surface area contributed by atoms with Crippen molar-refractivity contribution in [3.63, 3.8) is 0 Å². The largest absolute Gasteiger partial charge is 0.338 e. The fraction of sp³-hybridized carbons (Fsp3) is 0.143. The molecule has 0 saturated heterocycles. The Hall–Kier alpha value is -3.57. The smallest absolute Gasteiger partial charge is 0.272 e. The molecule has 0 radical (unpaired) electrons. The first kappa shape index (κ1) is 21.7. The second-order valence-corrected chi connectivity index (χ2v) is 8.65. The molecule has 0 aliphatic rings. The van der Waals surface area contributed by atoms with Crippen LogP contribution in [0.1, 0.15) is 27.6 Å². The van der Waals surface area contributed by atoms with E-state index in [1.807, 2.05) is 12.1 Å². The highest BCUT2D eigenvalue weighted by atomic mass is 32.2. The van der Waals surface area contributed by atoms with E-state index in [0.29, 0.717) is 45.0 Å². The quantitative estimate of drug-likeness (QED) is 0.222. The van der Waals surface area contributed by atoms with Crippen LogP contribution in [0.2, 0.25) is 0 Å². The van der Waals surface area contributed by atoms with Gasteiger partial charge < -0.3 is 4.52 Å². The monoisotopic (exact) mass is 467 g/mol. The number of thioether (sulfide) groups is 1. The number of rotatable bonds is 7. The van der Waals surface area contributed by atoms with Crippen molar-refractivity contribution in [2.75, 3.05) is 5.32 Å². The highest BCUT2D eigenvalue weighted by molar-refractivity contribution is 7.98. The Labute approximate surface area is 191 Å². The zero-order valence-electron chi connectivity index (χ0n) is 17.1. The Morgan fingerprint density at radius 2 is 2.03 bits per heavy atom. The van der Waals surface area contributed by atoms with Crippen LogP contribution in [0.15, 0.2) is 57.3 Å². The maximum Gasteiger partial charge on any atom is 0.272 e. The minimum atomic E-state index is -0.419.